The highest BCUT2D eigenvalue weighted by molar-refractivity contribution is 7.91. The van der Waals surface area contributed by atoms with Gasteiger partial charge < -0.3 is 0 Å². The fraction of sp³-hybridized carbons (Fsp3) is 0.643. The van der Waals surface area contributed by atoms with E-state index >= 15 is 0 Å². The molecule has 106 valence electrons. The lowest BCUT2D eigenvalue weighted by molar-refractivity contribution is 0.0986. The number of hydrogen-bond donors (Lipinski definition) is 0. The molecule has 19 heavy (non-hydrogen) atoms. The Morgan fingerprint density at radius 2 is 2.05 bits per heavy atom. The molecule has 0 saturated carbocycles. The molecule has 0 aromatic carbocycles. The number of Topliss-reactive ketones (excluding diaryl/α,β-unsaturated/α-hetero) is 1. The van der Waals surface area contributed by atoms with Gasteiger partial charge in [-0.2, -0.15) is 0 Å². The number of ketones is 1. The molecule has 1 aliphatic rings. The first kappa shape index (κ1) is 14.7. The molecule has 0 radical (unpaired) electrons. The van der Waals surface area contributed by atoms with Gasteiger partial charge in [0.05, 0.1) is 10.6 Å². The summed E-state index contributed by atoms with van der Waals surface area (Å²) in [5, 5.41) is 0. The number of aryl methyl sites for hydroxylation is 2. The van der Waals surface area contributed by atoms with Crippen LogP contribution in [0.5, 0.6) is 0 Å². The van der Waals surface area contributed by atoms with Gasteiger partial charge in [-0.15, -0.1) is 11.3 Å². The Kier molecular flexibility index (Phi) is 4.79. The Bertz CT molecular complexity index is 532. The van der Waals surface area contributed by atoms with Crippen molar-refractivity contribution in [1.29, 1.82) is 0 Å². The van der Waals surface area contributed by atoms with Gasteiger partial charge in [0.1, 0.15) is 9.84 Å². The van der Waals surface area contributed by atoms with E-state index in [1.54, 1.807) is 18.3 Å². The van der Waals surface area contributed by atoms with Crippen LogP contribution in [-0.4, -0.2) is 25.7 Å². The van der Waals surface area contributed by atoms with Gasteiger partial charge in [-0.05, 0) is 43.7 Å². The second kappa shape index (κ2) is 6.18. The summed E-state index contributed by atoms with van der Waals surface area (Å²) in [6.07, 6.45) is 5.40. The second-order valence-electron chi connectivity index (χ2n) is 5.03. The molecule has 1 aromatic heterocycles. The predicted octanol–water partition coefficient (Wildman–Crippen LogP) is 3.02. The van der Waals surface area contributed by atoms with Crippen LogP contribution in [0.4, 0.5) is 0 Å². The Morgan fingerprint density at radius 3 is 2.74 bits per heavy atom. The van der Waals surface area contributed by atoms with Crippen molar-refractivity contribution in [3.63, 3.8) is 0 Å². The summed E-state index contributed by atoms with van der Waals surface area (Å²) in [5.41, 5.74) is 1.33. The fourth-order valence-corrected chi connectivity index (χ4v) is 4.44. The van der Waals surface area contributed by atoms with E-state index < -0.39 is 9.84 Å². The zero-order valence-corrected chi connectivity index (χ0v) is 12.9. The third kappa shape index (κ3) is 3.89. The van der Waals surface area contributed by atoms with E-state index in [4.69, 9.17) is 0 Å². The van der Waals surface area contributed by atoms with Crippen molar-refractivity contribution in [1.82, 2.24) is 0 Å². The molecule has 1 heterocycles. The van der Waals surface area contributed by atoms with Gasteiger partial charge in [0.15, 0.2) is 5.78 Å². The standard InChI is InChI=1S/C14H20O3S2/c1-2-19(16,17)9-5-7-12(15)14-10-11-6-3-4-8-13(11)18-14/h10H,2-9H2,1H3. The average molecular weight is 300 g/mol. The normalized spacial score (nSPS) is 15.2. The maximum Gasteiger partial charge on any atom is 0.172 e. The summed E-state index contributed by atoms with van der Waals surface area (Å²) >= 11 is 1.61. The highest BCUT2D eigenvalue weighted by Gasteiger charge is 2.17. The molecule has 0 spiro atoms. The molecule has 0 N–H and O–H groups in total. The smallest absolute Gasteiger partial charge is 0.172 e. The van der Waals surface area contributed by atoms with Crippen molar-refractivity contribution in [3.8, 4) is 0 Å². The number of carbonyl (C=O) groups excluding carboxylic acids is 1. The van der Waals surface area contributed by atoms with E-state index in [9.17, 15) is 13.2 Å². The van der Waals surface area contributed by atoms with Gasteiger partial charge in [-0.1, -0.05) is 6.92 Å². The monoisotopic (exact) mass is 300 g/mol. The third-order valence-corrected chi connectivity index (χ3v) is 6.64. The van der Waals surface area contributed by atoms with Crippen molar-refractivity contribution >= 4 is 27.0 Å². The lowest BCUT2D eigenvalue weighted by Gasteiger charge is -2.08. The summed E-state index contributed by atoms with van der Waals surface area (Å²) < 4.78 is 22.7. The summed E-state index contributed by atoms with van der Waals surface area (Å²) in [4.78, 5) is 14.2. The molecule has 0 amide bonds. The minimum Gasteiger partial charge on any atom is -0.293 e. The first-order valence-corrected chi connectivity index (χ1v) is 9.51. The number of hydrogen-bond acceptors (Lipinski definition) is 4. The molecular weight excluding hydrogens is 280 g/mol. The molecule has 1 aliphatic carbocycles. The van der Waals surface area contributed by atoms with Gasteiger partial charge in [0, 0.05) is 17.1 Å². The minimum atomic E-state index is -2.95. The zero-order valence-electron chi connectivity index (χ0n) is 11.3. The maximum absolute atomic E-state index is 12.1. The molecule has 0 unspecified atom stereocenters. The maximum atomic E-state index is 12.1. The summed E-state index contributed by atoms with van der Waals surface area (Å²) in [6.45, 7) is 1.64. The van der Waals surface area contributed by atoms with E-state index in [0.717, 1.165) is 17.7 Å². The number of thiophene rings is 1. The van der Waals surface area contributed by atoms with Crippen LogP contribution >= 0.6 is 11.3 Å². The van der Waals surface area contributed by atoms with E-state index in [-0.39, 0.29) is 17.3 Å². The topological polar surface area (TPSA) is 51.2 Å². The molecular formula is C14H20O3S2. The Morgan fingerprint density at radius 1 is 1.32 bits per heavy atom. The van der Waals surface area contributed by atoms with Gasteiger partial charge in [-0.25, -0.2) is 8.42 Å². The highest BCUT2D eigenvalue weighted by Crippen LogP contribution is 2.30. The Labute approximate surface area is 119 Å². The van der Waals surface area contributed by atoms with Crippen molar-refractivity contribution in [2.75, 3.05) is 11.5 Å². The van der Waals surface area contributed by atoms with Crippen LogP contribution in [0.1, 0.15) is 52.7 Å². The summed E-state index contributed by atoms with van der Waals surface area (Å²) in [5.74, 6) is 0.389. The predicted molar refractivity (Wildman–Crippen MR) is 78.9 cm³/mol. The van der Waals surface area contributed by atoms with Crippen LogP contribution in [0.25, 0.3) is 0 Å². The lowest BCUT2D eigenvalue weighted by Crippen LogP contribution is -2.10. The molecule has 0 atom stereocenters. The van der Waals surface area contributed by atoms with Crippen LogP contribution in [-0.2, 0) is 22.7 Å². The van der Waals surface area contributed by atoms with E-state index in [2.05, 4.69) is 0 Å². The molecule has 2 rings (SSSR count). The van der Waals surface area contributed by atoms with Crippen molar-refractivity contribution in [2.45, 2.75) is 45.4 Å². The van der Waals surface area contributed by atoms with Crippen LogP contribution < -0.4 is 0 Å². The van der Waals surface area contributed by atoms with E-state index in [1.165, 1.54) is 23.3 Å². The lowest BCUT2D eigenvalue weighted by atomic mass is 9.99. The average Bonchev–Trinajstić information content (AvgIpc) is 2.82. The first-order chi connectivity index (χ1) is 9.02. The highest BCUT2D eigenvalue weighted by atomic mass is 32.2. The van der Waals surface area contributed by atoms with Gasteiger partial charge in [0.25, 0.3) is 0 Å². The van der Waals surface area contributed by atoms with E-state index in [1.807, 2.05) is 6.07 Å². The molecule has 0 fully saturated rings. The zero-order chi connectivity index (χ0) is 13.9. The fourth-order valence-electron chi connectivity index (χ4n) is 2.35. The molecule has 1 aromatic rings. The number of carbonyl (C=O) groups is 1. The molecule has 0 aliphatic heterocycles. The van der Waals surface area contributed by atoms with Crippen molar-refractivity contribution < 1.29 is 13.2 Å². The SMILES string of the molecule is CCS(=O)(=O)CCCC(=O)c1cc2c(s1)CCCC2. The van der Waals surface area contributed by atoms with Crippen LogP contribution in [0.3, 0.4) is 0 Å². The minimum absolute atomic E-state index is 0.103. The number of fused-ring (bicyclic) bond motifs is 1. The Hall–Kier alpha value is -0.680. The largest absolute Gasteiger partial charge is 0.293 e. The Balaban J connectivity index is 1.91. The van der Waals surface area contributed by atoms with E-state index in [0.29, 0.717) is 12.8 Å². The molecule has 3 nitrogen and oxygen atoms in total. The van der Waals surface area contributed by atoms with Crippen molar-refractivity contribution in [3.05, 3.63) is 21.4 Å². The first-order valence-electron chi connectivity index (χ1n) is 6.87. The summed E-state index contributed by atoms with van der Waals surface area (Å²) in [6, 6.07) is 2.02. The summed E-state index contributed by atoms with van der Waals surface area (Å²) in [7, 11) is -2.95. The van der Waals surface area contributed by atoms with Gasteiger partial charge in [0.2, 0.25) is 0 Å². The van der Waals surface area contributed by atoms with Crippen LogP contribution in [0, 0.1) is 0 Å². The van der Waals surface area contributed by atoms with Crippen LogP contribution in [0.15, 0.2) is 6.07 Å². The molecule has 0 saturated heterocycles. The van der Waals surface area contributed by atoms with Crippen molar-refractivity contribution in [2.24, 2.45) is 0 Å². The van der Waals surface area contributed by atoms with Crippen LogP contribution in [0.2, 0.25) is 0 Å². The molecule has 0 bridgehead atoms. The number of sulfone groups is 1. The third-order valence-electron chi connectivity index (χ3n) is 3.57. The molecule has 5 heteroatoms. The van der Waals surface area contributed by atoms with Gasteiger partial charge in [-0.3, -0.25) is 4.79 Å². The van der Waals surface area contributed by atoms with Gasteiger partial charge >= 0.3 is 0 Å². The second-order valence-corrected chi connectivity index (χ2v) is 8.64. The number of rotatable bonds is 6. The quantitative estimate of drug-likeness (QED) is 0.759.